The first kappa shape index (κ1) is 15.1. The van der Waals surface area contributed by atoms with Crippen LogP contribution in [-0.4, -0.2) is 34.5 Å². The highest BCUT2D eigenvalue weighted by atomic mass is 32.1. The Morgan fingerprint density at radius 2 is 2.04 bits per heavy atom. The second-order valence-electron chi connectivity index (χ2n) is 6.87. The smallest absolute Gasteiger partial charge is 0.188 e. The number of pyridine rings is 1. The molecule has 0 aromatic carbocycles. The van der Waals surface area contributed by atoms with Crippen molar-refractivity contribution in [1.82, 2.24) is 14.9 Å². The fourth-order valence-electron chi connectivity index (χ4n) is 3.35. The highest BCUT2D eigenvalue weighted by Crippen LogP contribution is 2.33. The second-order valence-corrected chi connectivity index (χ2v) is 8.10. The van der Waals surface area contributed by atoms with E-state index >= 15 is 0 Å². The number of nitrogens with zero attached hydrogens (tertiary/aromatic N) is 3. The lowest BCUT2D eigenvalue weighted by molar-refractivity contribution is 0.203. The summed E-state index contributed by atoms with van der Waals surface area (Å²) >= 11 is 1.67. The predicted octanol–water partition coefficient (Wildman–Crippen LogP) is 4.18. The van der Waals surface area contributed by atoms with Gasteiger partial charge in [-0.05, 0) is 63.7 Å². The van der Waals surface area contributed by atoms with Gasteiger partial charge in [0.15, 0.2) is 5.13 Å². The zero-order valence-corrected chi connectivity index (χ0v) is 14.5. The van der Waals surface area contributed by atoms with Gasteiger partial charge in [-0.3, -0.25) is 0 Å². The summed E-state index contributed by atoms with van der Waals surface area (Å²) in [4.78, 5) is 13.1. The van der Waals surface area contributed by atoms with Gasteiger partial charge >= 0.3 is 0 Å². The third-order valence-corrected chi connectivity index (χ3v) is 5.67. The fourth-order valence-corrected chi connectivity index (χ4v) is 4.02. The van der Waals surface area contributed by atoms with Gasteiger partial charge in [-0.25, -0.2) is 9.97 Å². The molecular weight excluding hydrogens is 304 g/mol. The molecule has 4 rings (SSSR count). The van der Waals surface area contributed by atoms with Crippen LogP contribution in [0.4, 0.5) is 10.9 Å². The van der Waals surface area contributed by atoms with Crippen molar-refractivity contribution in [2.24, 2.45) is 5.92 Å². The summed E-state index contributed by atoms with van der Waals surface area (Å²) in [7, 11) is 0. The maximum absolute atomic E-state index is 4.84. The van der Waals surface area contributed by atoms with E-state index in [0.29, 0.717) is 5.92 Å². The molecule has 1 saturated heterocycles. The van der Waals surface area contributed by atoms with E-state index in [1.54, 1.807) is 11.3 Å². The molecule has 1 saturated carbocycles. The minimum atomic E-state index is 0.602. The van der Waals surface area contributed by atoms with Gasteiger partial charge in [0.05, 0.1) is 0 Å². The average Bonchev–Trinajstić information content (AvgIpc) is 3.29. The Bertz CT molecular complexity index is 657. The van der Waals surface area contributed by atoms with Crippen molar-refractivity contribution >= 4 is 22.3 Å². The number of thiazole rings is 1. The lowest BCUT2D eigenvalue weighted by Gasteiger charge is -2.31. The summed E-state index contributed by atoms with van der Waals surface area (Å²) in [5.41, 5.74) is 1.23. The first-order valence-corrected chi connectivity index (χ1v) is 9.47. The van der Waals surface area contributed by atoms with Crippen molar-refractivity contribution in [3.8, 4) is 0 Å². The Kier molecular flexibility index (Phi) is 4.31. The number of hydrogen-bond donors (Lipinski definition) is 1. The van der Waals surface area contributed by atoms with E-state index in [1.165, 1.54) is 55.9 Å². The van der Waals surface area contributed by atoms with Crippen molar-refractivity contribution < 1.29 is 0 Å². The Morgan fingerprint density at radius 1 is 1.22 bits per heavy atom. The number of nitrogens with one attached hydrogen (secondary N) is 1. The van der Waals surface area contributed by atoms with Crippen LogP contribution in [-0.2, 0) is 0 Å². The van der Waals surface area contributed by atoms with Gasteiger partial charge in [0.2, 0.25) is 0 Å². The van der Waals surface area contributed by atoms with Gasteiger partial charge in [-0.1, -0.05) is 6.07 Å². The number of rotatable bonds is 5. The Hall–Kier alpha value is -1.46. The lowest BCUT2D eigenvalue weighted by Crippen LogP contribution is -2.34. The quantitative estimate of drug-likeness (QED) is 0.894. The number of hydrogen-bond acceptors (Lipinski definition) is 5. The molecule has 1 N–H and O–H groups in total. The molecule has 2 aromatic rings. The van der Waals surface area contributed by atoms with E-state index in [2.05, 4.69) is 34.3 Å². The molecular formula is C18H24N4S. The molecule has 4 nitrogen and oxygen atoms in total. The molecule has 0 spiro atoms. The predicted molar refractivity (Wildman–Crippen MR) is 95.5 cm³/mol. The summed E-state index contributed by atoms with van der Waals surface area (Å²) < 4.78 is 0. The molecule has 2 aromatic heterocycles. The van der Waals surface area contributed by atoms with Gasteiger partial charge in [0.25, 0.3) is 0 Å². The van der Waals surface area contributed by atoms with Gasteiger partial charge in [-0.2, -0.15) is 0 Å². The topological polar surface area (TPSA) is 41.1 Å². The zero-order valence-electron chi connectivity index (χ0n) is 13.7. The van der Waals surface area contributed by atoms with Crippen molar-refractivity contribution in [2.75, 3.05) is 25.0 Å². The number of piperidine rings is 1. The van der Waals surface area contributed by atoms with Gasteiger partial charge in [0.1, 0.15) is 5.82 Å². The Labute approximate surface area is 142 Å². The minimum Gasteiger partial charge on any atom is -0.316 e. The highest BCUT2D eigenvalue weighted by Gasteiger charge is 2.27. The Balaban J connectivity index is 1.38. The molecule has 3 heterocycles. The van der Waals surface area contributed by atoms with Crippen LogP contribution in [0.3, 0.4) is 0 Å². The third-order valence-electron chi connectivity index (χ3n) is 4.85. The van der Waals surface area contributed by atoms with E-state index in [1.807, 2.05) is 12.3 Å². The van der Waals surface area contributed by atoms with Crippen LogP contribution in [0.15, 0.2) is 24.4 Å². The van der Waals surface area contributed by atoms with Crippen LogP contribution in [0, 0.1) is 12.8 Å². The molecule has 0 bridgehead atoms. The van der Waals surface area contributed by atoms with Crippen LogP contribution >= 0.6 is 11.3 Å². The van der Waals surface area contributed by atoms with Gasteiger partial charge < -0.3 is 10.2 Å². The molecule has 0 radical (unpaired) electrons. The van der Waals surface area contributed by atoms with Crippen LogP contribution in [0.2, 0.25) is 0 Å². The second kappa shape index (κ2) is 6.57. The fraction of sp³-hybridized carbons (Fsp3) is 0.556. The summed E-state index contributed by atoms with van der Waals surface area (Å²) in [6, 6.07) is 6.32. The molecule has 122 valence electrons. The van der Waals surface area contributed by atoms with E-state index in [0.717, 1.165) is 16.9 Å². The summed E-state index contributed by atoms with van der Waals surface area (Å²) in [5.74, 6) is 2.52. The summed E-state index contributed by atoms with van der Waals surface area (Å²) in [6.07, 6.45) is 7.27. The summed E-state index contributed by atoms with van der Waals surface area (Å²) in [5, 5.41) is 4.26. The number of aromatic nitrogens is 2. The average molecular weight is 328 g/mol. The first-order chi connectivity index (χ1) is 11.3. The maximum atomic E-state index is 4.84. The molecule has 1 aliphatic carbocycles. The van der Waals surface area contributed by atoms with Crippen LogP contribution in [0.25, 0.3) is 0 Å². The molecule has 0 unspecified atom stereocenters. The van der Waals surface area contributed by atoms with E-state index in [-0.39, 0.29) is 0 Å². The lowest BCUT2D eigenvalue weighted by atomic mass is 9.93. The Morgan fingerprint density at radius 3 is 2.74 bits per heavy atom. The first-order valence-electron chi connectivity index (χ1n) is 8.65. The molecule has 0 atom stereocenters. The largest absolute Gasteiger partial charge is 0.316 e. The van der Waals surface area contributed by atoms with Crippen molar-refractivity contribution in [2.45, 2.75) is 38.5 Å². The zero-order chi connectivity index (χ0) is 15.6. The molecule has 1 aliphatic heterocycles. The van der Waals surface area contributed by atoms with E-state index < -0.39 is 0 Å². The minimum absolute atomic E-state index is 0.602. The van der Waals surface area contributed by atoms with Crippen molar-refractivity contribution in [3.63, 3.8) is 0 Å². The maximum Gasteiger partial charge on any atom is 0.188 e. The summed E-state index contributed by atoms with van der Waals surface area (Å²) in [6.45, 7) is 5.85. The van der Waals surface area contributed by atoms with Crippen LogP contribution < -0.4 is 5.32 Å². The molecule has 2 fully saturated rings. The normalized spacial score (nSPS) is 19.9. The molecule has 23 heavy (non-hydrogen) atoms. The van der Waals surface area contributed by atoms with E-state index in [9.17, 15) is 0 Å². The molecule has 0 amide bonds. The van der Waals surface area contributed by atoms with Crippen LogP contribution in [0.1, 0.15) is 42.2 Å². The molecule has 2 aliphatic rings. The van der Waals surface area contributed by atoms with Gasteiger partial charge in [-0.15, -0.1) is 11.3 Å². The van der Waals surface area contributed by atoms with E-state index in [4.69, 9.17) is 4.98 Å². The third kappa shape index (κ3) is 3.90. The standard InChI is InChI=1S/C18H24N4S/c1-13-11-19-18(23-13)21-17-4-2-3-16(20-17)15-7-9-22(10-8-15)12-14-5-6-14/h2-4,11,14-15H,5-10,12H2,1H3,(H,19,20,21). The SMILES string of the molecule is Cc1cnc(Nc2cccc(C3CCN(CC4CC4)CC3)n2)s1. The number of aryl methyl sites for hydroxylation is 1. The monoisotopic (exact) mass is 328 g/mol. The van der Waals surface area contributed by atoms with Crippen LogP contribution in [0.5, 0.6) is 0 Å². The van der Waals surface area contributed by atoms with Gasteiger partial charge in [0, 0.05) is 29.2 Å². The highest BCUT2D eigenvalue weighted by molar-refractivity contribution is 7.15. The number of anilines is 2. The van der Waals surface area contributed by atoms with Crippen molar-refractivity contribution in [1.29, 1.82) is 0 Å². The number of likely N-dealkylation sites (tertiary alicyclic amines) is 1. The molecule has 5 heteroatoms. The van der Waals surface area contributed by atoms with Crippen molar-refractivity contribution in [3.05, 3.63) is 35.0 Å².